The molecule has 1 amide bonds. The van der Waals surface area contributed by atoms with Crippen molar-refractivity contribution >= 4 is 11.6 Å². The zero-order chi connectivity index (χ0) is 13.8. The van der Waals surface area contributed by atoms with Gasteiger partial charge in [-0.3, -0.25) is 4.79 Å². The van der Waals surface area contributed by atoms with Gasteiger partial charge in [-0.05, 0) is 18.2 Å². The fourth-order valence-corrected chi connectivity index (χ4v) is 1.64. The monoisotopic (exact) mass is 263 g/mol. The van der Waals surface area contributed by atoms with Crippen molar-refractivity contribution in [1.82, 2.24) is 0 Å². The number of aliphatic hydroxyl groups is 1. The number of benzene rings is 2. The van der Waals surface area contributed by atoms with Crippen molar-refractivity contribution in [3.63, 3.8) is 0 Å². The molecule has 2 rings (SSSR count). The van der Waals surface area contributed by atoms with Gasteiger partial charge in [0.1, 0.15) is 11.6 Å². The van der Waals surface area contributed by atoms with Gasteiger partial charge < -0.3 is 10.4 Å². The Labute approximate surface area is 108 Å². The molecule has 0 unspecified atom stereocenters. The Balaban J connectivity index is 2.26. The first kappa shape index (κ1) is 13.2. The van der Waals surface area contributed by atoms with E-state index in [1.165, 1.54) is 0 Å². The maximum absolute atomic E-state index is 13.4. The molecule has 0 saturated carbocycles. The summed E-state index contributed by atoms with van der Waals surface area (Å²) in [6.07, 6.45) is 0. The third-order valence-corrected chi connectivity index (χ3v) is 2.61. The Bertz CT molecular complexity index is 614. The van der Waals surface area contributed by atoms with Crippen LogP contribution in [0.15, 0.2) is 42.5 Å². The number of hydrogen-bond acceptors (Lipinski definition) is 2. The topological polar surface area (TPSA) is 49.3 Å². The maximum Gasteiger partial charge on any atom is 0.258 e. The smallest absolute Gasteiger partial charge is 0.258 e. The van der Waals surface area contributed by atoms with Gasteiger partial charge in [-0.25, -0.2) is 8.78 Å². The van der Waals surface area contributed by atoms with Crippen LogP contribution in [0.5, 0.6) is 0 Å². The van der Waals surface area contributed by atoms with Gasteiger partial charge in [0.05, 0.1) is 12.2 Å². The largest absolute Gasteiger partial charge is 0.392 e. The van der Waals surface area contributed by atoms with Gasteiger partial charge in [-0.1, -0.05) is 18.2 Å². The molecule has 0 spiro atoms. The zero-order valence-corrected chi connectivity index (χ0v) is 9.86. The Hall–Kier alpha value is -2.27. The molecule has 0 heterocycles. The second-order valence-corrected chi connectivity index (χ2v) is 3.89. The van der Waals surface area contributed by atoms with E-state index in [9.17, 15) is 13.6 Å². The van der Waals surface area contributed by atoms with Crippen LogP contribution in [-0.2, 0) is 6.61 Å². The van der Waals surface area contributed by atoms with Crippen LogP contribution in [-0.4, -0.2) is 11.0 Å². The Morgan fingerprint density at radius 3 is 2.58 bits per heavy atom. The van der Waals surface area contributed by atoms with E-state index in [0.29, 0.717) is 17.3 Å². The SMILES string of the molecule is O=C(Nc1ccccc1CO)c1ccc(F)cc1F. The highest BCUT2D eigenvalue weighted by Gasteiger charge is 2.13. The number of aliphatic hydroxyl groups excluding tert-OH is 1. The molecule has 19 heavy (non-hydrogen) atoms. The van der Waals surface area contributed by atoms with Crippen LogP contribution in [0, 0.1) is 11.6 Å². The average Bonchev–Trinajstić information content (AvgIpc) is 2.39. The molecule has 0 atom stereocenters. The molecular weight excluding hydrogens is 252 g/mol. The molecule has 0 aliphatic carbocycles. The number of rotatable bonds is 3. The summed E-state index contributed by atoms with van der Waals surface area (Å²) in [5.41, 5.74) is 0.645. The molecule has 2 aromatic rings. The lowest BCUT2D eigenvalue weighted by Gasteiger charge is -2.09. The summed E-state index contributed by atoms with van der Waals surface area (Å²) in [5.74, 6) is -2.37. The first-order chi connectivity index (χ1) is 9.11. The van der Waals surface area contributed by atoms with Gasteiger partial charge in [0.25, 0.3) is 5.91 Å². The Morgan fingerprint density at radius 1 is 1.16 bits per heavy atom. The van der Waals surface area contributed by atoms with Gasteiger partial charge in [0.2, 0.25) is 0 Å². The third-order valence-electron chi connectivity index (χ3n) is 2.61. The fraction of sp³-hybridized carbons (Fsp3) is 0.0714. The van der Waals surface area contributed by atoms with E-state index in [1.807, 2.05) is 0 Å². The molecule has 0 aliphatic rings. The number of para-hydroxylation sites is 1. The lowest BCUT2D eigenvalue weighted by Crippen LogP contribution is -2.15. The molecule has 3 nitrogen and oxygen atoms in total. The Kier molecular flexibility index (Phi) is 3.87. The average molecular weight is 263 g/mol. The van der Waals surface area contributed by atoms with Crippen molar-refractivity contribution in [2.75, 3.05) is 5.32 Å². The normalized spacial score (nSPS) is 10.3. The summed E-state index contributed by atoms with van der Waals surface area (Å²) >= 11 is 0. The van der Waals surface area contributed by atoms with Crippen molar-refractivity contribution in [1.29, 1.82) is 0 Å². The number of carbonyl (C=O) groups excluding carboxylic acids is 1. The number of halogens is 2. The predicted octanol–water partition coefficient (Wildman–Crippen LogP) is 2.71. The van der Waals surface area contributed by atoms with E-state index in [1.54, 1.807) is 24.3 Å². The second kappa shape index (κ2) is 5.58. The van der Waals surface area contributed by atoms with E-state index < -0.39 is 17.5 Å². The molecule has 0 bridgehead atoms. The standard InChI is InChI=1S/C14H11F2NO2/c15-10-5-6-11(12(16)7-10)14(19)17-13-4-2-1-3-9(13)8-18/h1-7,18H,8H2,(H,17,19). The Morgan fingerprint density at radius 2 is 1.89 bits per heavy atom. The molecule has 5 heteroatoms. The molecule has 0 saturated heterocycles. The number of amides is 1. The van der Waals surface area contributed by atoms with E-state index in [-0.39, 0.29) is 12.2 Å². The lowest BCUT2D eigenvalue weighted by atomic mass is 10.1. The summed E-state index contributed by atoms with van der Waals surface area (Å²) in [5, 5.41) is 11.6. The number of nitrogens with one attached hydrogen (secondary N) is 1. The lowest BCUT2D eigenvalue weighted by molar-refractivity contribution is 0.102. The first-order valence-corrected chi connectivity index (χ1v) is 5.57. The van der Waals surface area contributed by atoms with Crippen molar-refractivity contribution < 1.29 is 18.7 Å². The van der Waals surface area contributed by atoms with E-state index >= 15 is 0 Å². The quantitative estimate of drug-likeness (QED) is 0.894. The van der Waals surface area contributed by atoms with Crippen LogP contribution in [0.2, 0.25) is 0 Å². The van der Waals surface area contributed by atoms with Crippen LogP contribution in [0.1, 0.15) is 15.9 Å². The predicted molar refractivity (Wildman–Crippen MR) is 66.7 cm³/mol. The fourth-order valence-electron chi connectivity index (χ4n) is 1.64. The van der Waals surface area contributed by atoms with Crippen LogP contribution < -0.4 is 5.32 Å². The first-order valence-electron chi connectivity index (χ1n) is 5.57. The van der Waals surface area contributed by atoms with Crippen molar-refractivity contribution in [2.24, 2.45) is 0 Å². The summed E-state index contributed by atoms with van der Waals surface area (Å²) in [6, 6.07) is 9.33. The van der Waals surface area contributed by atoms with Crippen LogP contribution in [0.3, 0.4) is 0 Å². The minimum atomic E-state index is -0.932. The van der Waals surface area contributed by atoms with Crippen molar-refractivity contribution in [3.05, 3.63) is 65.2 Å². The van der Waals surface area contributed by atoms with Gasteiger partial charge in [-0.2, -0.15) is 0 Å². The molecule has 98 valence electrons. The summed E-state index contributed by atoms with van der Waals surface area (Å²) in [7, 11) is 0. The highest BCUT2D eigenvalue weighted by molar-refractivity contribution is 6.04. The van der Waals surface area contributed by atoms with Crippen LogP contribution in [0.4, 0.5) is 14.5 Å². The zero-order valence-electron chi connectivity index (χ0n) is 9.86. The molecule has 2 N–H and O–H groups in total. The molecule has 0 fully saturated rings. The van der Waals surface area contributed by atoms with Gasteiger partial charge in [0.15, 0.2) is 0 Å². The van der Waals surface area contributed by atoms with E-state index in [4.69, 9.17) is 5.11 Å². The van der Waals surface area contributed by atoms with Crippen molar-refractivity contribution in [2.45, 2.75) is 6.61 Å². The highest BCUT2D eigenvalue weighted by atomic mass is 19.1. The maximum atomic E-state index is 13.4. The van der Waals surface area contributed by atoms with Crippen molar-refractivity contribution in [3.8, 4) is 0 Å². The summed E-state index contributed by atoms with van der Waals surface area (Å²) < 4.78 is 26.2. The van der Waals surface area contributed by atoms with Crippen LogP contribution in [0.25, 0.3) is 0 Å². The van der Waals surface area contributed by atoms with Gasteiger partial charge in [-0.15, -0.1) is 0 Å². The highest BCUT2D eigenvalue weighted by Crippen LogP contribution is 2.17. The molecule has 0 aromatic heterocycles. The number of carbonyl (C=O) groups is 1. The molecule has 0 radical (unpaired) electrons. The molecular formula is C14H11F2NO2. The molecule has 0 aliphatic heterocycles. The minimum Gasteiger partial charge on any atom is -0.392 e. The van der Waals surface area contributed by atoms with E-state index in [2.05, 4.69) is 5.32 Å². The molecule has 2 aromatic carbocycles. The second-order valence-electron chi connectivity index (χ2n) is 3.89. The summed E-state index contributed by atoms with van der Waals surface area (Å²) in [6.45, 7) is -0.248. The minimum absolute atomic E-state index is 0.248. The van der Waals surface area contributed by atoms with Gasteiger partial charge >= 0.3 is 0 Å². The third kappa shape index (κ3) is 2.95. The summed E-state index contributed by atoms with van der Waals surface area (Å²) in [4.78, 5) is 11.9. The van der Waals surface area contributed by atoms with E-state index in [0.717, 1.165) is 12.1 Å². The van der Waals surface area contributed by atoms with Gasteiger partial charge in [0, 0.05) is 17.3 Å². The van der Waals surface area contributed by atoms with Crippen LogP contribution >= 0.6 is 0 Å². The number of anilines is 1. The number of hydrogen-bond donors (Lipinski definition) is 2.